The Morgan fingerprint density at radius 2 is 2.00 bits per heavy atom. The standard InChI is InChI=1S/C13H18O2S/c1-10(2)12(13(15)8-14)9-16-11-6-4-3-5-7-11/h3-7,12-15H,1,8-9H2,2H3. The number of benzene rings is 1. The summed E-state index contributed by atoms with van der Waals surface area (Å²) >= 11 is 1.67. The number of aliphatic hydroxyl groups is 2. The van der Waals surface area contributed by atoms with E-state index < -0.39 is 6.10 Å². The van der Waals surface area contributed by atoms with Crippen LogP contribution in [0.5, 0.6) is 0 Å². The van der Waals surface area contributed by atoms with Gasteiger partial charge in [0.1, 0.15) is 0 Å². The summed E-state index contributed by atoms with van der Waals surface area (Å²) in [5.41, 5.74) is 0.907. The van der Waals surface area contributed by atoms with Crippen LogP contribution in [0, 0.1) is 5.92 Å². The molecule has 0 aliphatic heterocycles. The third-order valence-electron chi connectivity index (χ3n) is 2.46. The first-order valence-electron chi connectivity index (χ1n) is 5.27. The van der Waals surface area contributed by atoms with Gasteiger partial charge in [0.25, 0.3) is 0 Å². The summed E-state index contributed by atoms with van der Waals surface area (Å²) in [6.07, 6.45) is -0.714. The maximum Gasteiger partial charge on any atom is 0.0843 e. The number of hydrogen-bond acceptors (Lipinski definition) is 3. The first kappa shape index (κ1) is 13.3. The highest BCUT2D eigenvalue weighted by Crippen LogP contribution is 2.25. The molecule has 0 bridgehead atoms. The third-order valence-corrected chi connectivity index (χ3v) is 3.59. The van der Waals surface area contributed by atoms with Gasteiger partial charge in [-0.25, -0.2) is 0 Å². The van der Waals surface area contributed by atoms with Gasteiger partial charge in [-0.05, 0) is 19.1 Å². The fourth-order valence-corrected chi connectivity index (χ4v) is 2.64. The number of thioether (sulfide) groups is 1. The Hall–Kier alpha value is -0.770. The van der Waals surface area contributed by atoms with Crippen molar-refractivity contribution >= 4 is 11.8 Å². The molecule has 0 saturated heterocycles. The monoisotopic (exact) mass is 238 g/mol. The second-order valence-electron chi connectivity index (χ2n) is 3.83. The van der Waals surface area contributed by atoms with Crippen LogP contribution in [0.15, 0.2) is 47.4 Å². The van der Waals surface area contributed by atoms with Gasteiger partial charge in [-0.3, -0.25) is 0 Å². The molecule has 16 heavy (non-hydrogen) atoms. The Balaban J connectivity index is 2.54. The molecular weight excluding hydrogens is 220 g/mol. The second kappa shape index (κ2) is 6.74. The van der Waals surface area contributed by atoms with Crippen LogP contribution in [-0.2, 0) is 0 Å². The quantitative estimate of drug-likeness (QED) is 0.590. The highest BCUT2D eigenvalue weighted by molar-refractivity contribution is 7.99. The van der Waals surface area contributed by atoms with Gasteiger partial charge in [0.15, 0.2) is 0 Å². The van der Waals surface area contributed by atoms with Crippen molar-refractivity contribution in [2.45, 2.75) is 17.9 Å². The number of rotatable bonds is 6. The van der Waals surface area contributed by atoms with E-state index in [2.05, 4.69) is 6.58 Å². The van der Waals surface area contributed by atoms with Gasteiger partial charge in [-0.15, -0.1) is 11.8 Å². The Morgan fingerprint density at radius 3 is 2.50 bits per heavy atom. The summed E-state index contributed by atoms with van der Waals surface area (Å²) in [5, 5.41) is 18.6. The lowest BCUT2D eigenvalue weighted by Gasteiger charge is -2.21. The van der Waals surface area contributed by atoms with Crippen LogP contribution in [0.2, 0.25) is 0 Å². The van der Waals surface area contributed by atoms with Crippen molar-refractivity contribution in [3.63, 3.8) is 0 Å². The molecule has 88 valence electrons. The average molecular weight is 238 g/mol. The van der Waals surface area contributed by atoms with Gasteiger partial charge < -0.3 is 10.2 Å². The lowest BCUT2D eigenvalue weighted by atomic mass is 9.98. The van der Waals surface area contributed by atoms with E-state index in [-0.39, 0.29) is 12.5 Å². The van der Waals surface area contributed by atoms with E-state index in [0.717, 1.165) is 11.3 Å². The minimum atomic E-state index is -0.714. The largest absolute Gasteiger partial charge is 0.394 e. The topological polar surface area (TPSA) is 40.5 Å². The molecule has 0 spiro atoms. The maximum atomic E-state index is 9.64. The van der Waals surface area contributed by atoms with E-state index >= 15 is 0 Å². The predicted octanol–water partition coefficient (Wildman–Crippen LogP) is 2.32. The molecule has 1 rings (SSSR count). The summed E-state index contributed by atoms with van der Waals surface area (Å²) in [4.78, 5) is 1.17. The Labute approximate surface area is 101 Å². The summed E-state index contributed by atoms with van der Waals surface area (Å²) in [6, 6.07) is 10.0. The fourth-order valence-electron chi connectivity index (χ4n) is 1.41. The summed E-state index contributed by atoms with van der Waals surface area (Å²) in [5.74, 6) is 0.677. The van der Waals surface area contributed by atoms with Gasteiger partial charge in [-0.2, -0.15) is 0 Å². The fraction of sp³-hybridized carbons (Fsp3) is 0.385. The molecule has 0 aliphatic carbocycles. The highest BCUT2D eigenvalue weighted by atomic mass is 32.2. The van der Waals surface area contributed by atoms with Crippen LogP contribution in [0.25, 0.3) is 0 Å². The zero-order valence-corrected chi connectivity index (χ0v) is 10.3. The summed E-state index contributed by atoms with van der Waals surface area (Å²) < 4.78 is 0. The van der Waals surface area contributed by atoms with E-state index in [1.165, 1.54) is 4.90 Å². The van der Waals surface area contributed by atoms with Gasteiger partial charge >= 0.3 is 0 Å². The SMILES string of the molecule is C=C(C)C(CSc1ccccc1)C(O)CO. The average Bonchev–Trinajstić information content (AvgIpc) is 2.30. The molecule has 0 fully saturated rings. The molecule has 0 aliphatic rings. The lowest BCUT2D eigenvalue weighted by molar-refractivity contribution is 0.0666. The first-order valence-corrected chi connectivity index (χ1v) is 6.26. The van der Waals surface area contributed by atoms with Gasteiger partial charge in [-0.1, -0.05) is 30.4 Å². The lowest BCUT2D eigenvalue weighted by Crippen LogP contribution is -2.26. The molecule has 0 amide bonds. The molecule has 2 nitrogen and oxygen atoms in total. The Kier molecular flexibility index (Phi) is 5.60. The zero-order chi connectivity index (χ0) is 12.0. The normalized spacial score (nSPS) is 14.4. The number of hydrogen-bond donors (Lipinski definition) is 2. The van der Waals surface area contributed by atoms with E-state index in [0.29, 0.717) is 0 Å². The minimum Gasteiger partial charge on any atom is -0.394 e. The van der Waals surface area contributed by atoms with Crippen LogP contribution in [0.3, 0.4) is 0 Å². The Morgan fingerprint density at radius 1 is 1.38 bits per heavy atom. The smallest absolute Gasteiger partial charge is 0.0843 e. The Bertz CT molecular complexity index is 324. The molecule has 1 aromatic carbocycles. The van der Waals surface area contributed by atoms with Crippen molar-refractivity contribution in [1.82, 2.24) is 0 Å². The summed E-state index contributed by atoms with van der Waals surface area (Å²) in [7, 11) is 0. The first-order chi connectivity index (χ1) is 7.65. The van der Waals surface area contributed by atoms with Crippen LogP contribution >= 0.6 is 11.8 Å². The van der Waals surface area contributed by atoms with Gasteiger partial charge in [0.2, 0.25) is 0 Å². The van der Waals surface area contributed by atoms with Crippen molar-refractivity contribution in [2.75, 3.05) is 12.4 Å². The van der Waals surface area contributed by atoms with Crippen LogP contribution in [0.4, 0.5) is 0 Å². The van der Waals surface area contributed by atoms with Gasteiger partial charge in [0.05, 0.1) is 12.7 Å². The summed E-state index contributed by atoms with van der Waals surface area (Å²) in [6.45, 7) is 5.52. The van der Waals surface area contributed by atoms with E-state index in [1.54, 1.807) is 11.8 Å². The maximum absolute atomic E-state index is 9.64. The van der Waals surface area contributed by atoms with E-state index in [9.17, 15) is 5.11 Å². The minimum absolute atomic E-state index is 0.0600. The van der Waals surface area contributed by atoms with Crippen molar-refractivity contribution in [3.8, 4) is 0 Å². The molecule has 2 atom stereocenters. The highest BCUT2D eigenvalue weighted by Gasteiger charge is 2.19. The molecule has 0 saturated carbocycles. The van der Waals surface area contributed by atoms with Crippen molar-refractivity contribution in [2.24, 2.45) is 5.92 Å². The van der Waals surface area contributed by atoms with Crippen molar-refractivity contribution in [3.05, 3.63) is 42.5 Å². The van der Waals surface area contributed by atoms with Crippen LogP contribution < -0.4 is 0 Å². The van der Waals surface area contributed by atoms with Crippen LogP contribution in [0.1, 0.15) is 6.92 Å². The van der Waals surface area contributed by atoms with Gasteiger partial charge in [0, 0.05) is 16.6 Å². The molecule has 0 heterocycles. The van der Waals surface area contributed by atoms with E-state index in [4.69, 9.17) is 5.11 Å². The second-order valence-corrected chi connectivity index (χ2v) is 4.92. The molecule has 2 unspecified atom stereocenters. The number of aliphatic hydroxyl groups excluding tert-OH is 2. The predicted molar refractivity (Wildman–Crippen MR) is 68.6 cm³/mol. The van der Waals surface area contributed by atoms with Crippen molar-refractivity contribution < 1.29 is 10.2 Å². The molecular formula is C13H18O2S. The molecule has 0 radical (unpaired) electrons. The zero-order valence-electron chi connectivity index (χ0n) is 9.47. The van der Waals surface area contributed by atoms with Crippen molar-refractivity contribution in [1.29, 1.82) is 0 Å². The third kappa shape index (κ3) is 4.00. The molecule has 2 N–H and O–H groups in total. The van der Waals surface area contributed by atoms with E-state index in [1.807, 2.05) is 37.3 Å². The molecule has 1 aromatic rings. The molecule has 0 aromatic heterocycles. The van der Waals surface area contributed by atoms with Crippen LogP contribution in [-0.4, -0.2) is 28.7 Å². The molecule has 3 heteroatoms.